The first-order valence-corrected chi connectivity index (χ1v) is 7.46. The van der Waals surface area contributed by atoms with Gasteiger partial charge in [-0.2, -0.15) is 5.10 Å². The molecular weight excluding hydrogens is 313 g/mol. The molecule has 0 aliphatic carbocycles. The van der Waals surface area contributed by atoms with Crippen molar-refractivity contribution in [3.8, 4) is 5.75 Å². The van der Waals surface area contributed by atoms with Crippen LogP contribution in [-0.4, -0.2) is 34.4 Å². The smallest absolute Gasteiger partial charge is 0.246 e. The van der Waals surface area contributed by atoms with Crippen LogP contribution in [0.4, 0.5) is 4.39 Å². The van der Waals surface area contributed by atoms with Crippen molar-refractivity contribution in [2.75, 3.05) is 13.8 Å². The Morgan fingerprint density at radius 1 is 1.50 bits per heavy atom. The molecule has 0 N–H and O–H groups in total. The van der Waals surface area contributed by atoms with Gasteiger partial charge in [-0.05, 0) is 18.2 Å². The Balaban J connectivity index is 1.72. The van der Waals surface area contributed by atoms with E-state index in [2.05, 4.69) is 5.10 Å². The van der Waals surface area contributed by atoms with E-state index in [1.165, 1.54) is 23.1 Å². The SMILES string of the molecule is CN(Cc1cc(F)cc2c1OCOC2)C(=O)/C=C/c1cnn(C)c1. The van der Waals surface area contributed by atoms with Gasteiger partial charge in [-0.3, -0.25) is 9.48 Å². The Kier molecular flexibility index (Phi) is 4.61. The summed E-state index contributed by atoms with van der Waals surface area (Å²) in [4.78, 5) is 13.7. The zero-order valence-corrected chi connectivity index (χ0v) is 13.5. The van der Waals surface area contributed by atoms with Crippen molar-refractivity contribution in [1.82, 2.24) is 14.7 Å². The third-order valence-electron chi connectivity index (χ3n) is 3.68. The summed E-state index contributed by atoms with van der Waals surface area (Å²) >= 11 is 0. The molecule has 7 heteroatoms. The number of halogens is 1. The summed E-state index contributed by atoms with van der Waals surface area (Å²) in [6.45, 7) is 0.680. The van der Waals surface area contributed by atoms with E-state index in [9.17, 15) is 9.18 Å². The molecule has 0 unspecified atom stereocenters. The Morgan fingerprint density at radius 2 is 2.33 bits per heavy atom. The van der Waals surface area contributed by atoms with Crippen LogP contribution in [0, 0.1) is 5.82 Å². The number of carbonyl (C=O) groups is 1. The Morgan fingerprint density at radius 3 is 3.08 bits per heavy atom. The lowest BCUT2D eigenvalue weighted by Crippen LogP contribution is -2.25. The average molecular weight is 331 g/mol. The molecule has 1 amide bonds. The van der Waals surface area contributed by atoms with Crippen LogP contribution in [0.15, 0.2) is 30.6 Å². The summed E-state index contributed by atoms with van der Waals surface area (Å²) in [5, 5.41) is 4.04. The van der Waals surface area contributed by atoms with Gasteiger partial charge in [0, 0.05) is 49.6 Å². The molecule has 1 aliphatic rings. The van der Waals surface area contributed by atoms with Crippen LogP contribution >= 0.6 is 0 Å². The molecule has 2 heterocycles. The number of carbonyl (C=O) groups excluding carboxylic acids is 1. The normalized spacial score (nSPS) is 13.6. The number of aromatic nitrogens is 2. The van der Waals surface area contributed by atoms with E-state index in [0.29, 0.717) is 23.5 Å². The molecule has 6 nitrogen and oxygen atoms in total. The van der Waals surface area contributed by atoms with Gasteiger partial charge >= 0.3 is 0 Å². The number of hydrogen-bond donors (Lipinski definition) is 0. The second-order valence-corrected chi connectivity index (χ2v) is 5.64. The molecule has 1 aromatic heterocycles. The van der Waals surface area contributed by atoms with Crippen molar-refractivity contribution in [1.29, 1.82) is 0 Å². The number of hydrogen-bond acceptors (Lipinski definition) is 4. The molecule has 0 spiro atoms. The third-order valence-corrected chi connectivity index (χ3v) is 3.68. The van der Waals surface area contributed by atoms with Crippen LogP contribution in [0.2, 0.25) is 0 Å². The number of ether oxygens (including phenoxy) is 2. The zero-order chi connectivity index (χ0) is 17.1. The quantitative estimate of drug-likeness (QED) is 0.805. The van der Waals surface area contributed by atoms with Gasteiger partial charge in [-0.15, -0.1) is 0 Å². The molecule has 0 saturated heterocycles. The van der Waals surface area contributed by atoms with Crippen LogP contribution < -0.4 is 4.74 Å². The second kappa shape index (κ2) is 6.84. The van der Waals surface area contributed by atoms with Crippen LogP contribution in [0.3, 0.4) is 0 Å². The molecule has 1 aromatic carbocycles. The highest BCUT2D eigenvalue weighted by molar-refractivity contribution is 5.91. The summed E-state index contributed by atoms with van der Waals surface area (Å²) in [5.41, 5.74) is 2.12. The van der Waals surface area contributed by atoms with E-state index in [4.69, 9.17) is 9.47 Å². The third kappa shape index (κ3) is 3.62. The first-order valence-electron chi connectivity index (χ1n) is 7.46. The lowest BCUT2D eigenvalue weighted by atomic mass is 10.1. The van der Waals surface area contributed by atoms with Crippen LogP contribution in [0.5, 0.6) is 5.75 Å². The van der Waals surface area contributed by atoms with Crippen molar-refractivity contribution in [2.24, 2.45) is 7.05 Å². The number of likely N-dealkylation sites (N-methyl/N-ethyl adjacent to an activating group) is 1. The lowest BCUT2D eigenvalue weighted by Gasteiger charge is -2.23. The molecule has 24 heavy (non-hydrogen) atoms. The van der Waals surface area contributed by atoms with E-state index in [-0.39, 0.29) is 25.1 Å². The van der Waals surface area contributed by atoms with E-state index < -0.39 is 0 Å². The standard InChI is InChI=1S/C17H18FN3O3/c1-20(16(22)4-3-12-7-19-21(2)8-12)9-13-5-15(18)6-14-10-23-11-24-17(13)14/h3-8H,9-11H2,1-2H3/b4-3+. The van der Waals surface area contributed by atoms with Gasteiger partial charge in [-0.25, -0.2) is 4.39 Å². The van der Waals surface area contributed by atoms with Crippen LogP contribution in [0.25, 0.3) is 6.08 Å². The van der Waals surface area contributed by atoms with Crippen molar-refractivity contribution < 1.29 is 18.7 Å². The second-order valence-electron chi connectivity index (χ2n) is 5.64. The summed E-state index contributed by atoms with van der Waals surface area (Å²) in [5.74, 6) is 0.0343. The minimum absolute atomic E-state index is 0.129. The molecule has 1 aliphatic heterocycles. The van der Waals surface area contributed by atoms with Gasteiger partial charge in [0.25, 0.3) is 0 Å². The minimum atomic E-state index is -0.371. The summed E-state index contributed by atoms with van der Waals surface area (Å²) in [7, 11) is 3.47. The maximum absolute atomic E-state index is 13.7. The van der Waals surface area contributed by atoms with Gasteiger partial charge < -0.3 is 14.4 Å². The first kappa shape index (κ1) is 16.2. The maximum Gasteiger partial charge on any atom is 0.246 e. The number of fused-ring (bicyclic) bond motifs is 1. The number of amides is 1. The predicted octanol–water partition coefficient (Wildman–Crippen LogP) is 2.10. The Hall–Kier alpha value is -2.67. The van der Waals surface area contributed by atoms with E-state index >= 15 is 0 Å². The van der Waals surface area contributed by atoms with Crippen molar-refractivity contribution in [2.45, 2.75) is 13.2 Å². The van der Waals surface area contributed by atoms with Crippen molar-refractivity contribution in [3.63, 3.8) is 0 Å². The fourth-order valence-electron chi connectivity index (χ4n) is 2.53. The topological polar surface area (TPSA) is 56.6 Å². The zero-order valence-electron chi connectivity index (χ0n) is 13.5. The van der Waals surface area contributed by atoms with Crippen molar-refractivity contribution >= 4 is 12.0 Å². The molecule has 3 rings (SSSR count). The number of nitrogens with zero attached hydrogens (tertiary/aromatic N) is 3. The molecule has 2 aromatic rings. The maximum atomic E-state index is 13.7. The molecule has 0 radical (unpaired) electrons. The first-order chi connectivity index (χ1) is 11.5. The number of benzene rings is 1. The highest BCUT2D eigenvalue weighted by Gasteiger charge is 2.19. The number of rotatable bonds is 4. The predicted molar refractivity (Wildman–Crippen MR) is 85.4 cm³/mol. The van der Waals surface area contributed by atoms with E-state index in [1.807, 2.05) is 7.05 Å². The molecule has 0 atom stereocenters. The number of aryl methyl sites for hydroxylation is 1. The summed E-state index contributed by atoms with van der Waals surface area (Å²) in [6, 6.07) is 2.78. The van der Waals surface area contributed by atoms with E-state index in [1.54, 1.807) is 30.2 Å². The van der Waals surface area contributed by atoms with Gasteiger partial charge in [0.05, 0.1) is 12.8 Å². The van der Waals surface area contributed by atoms with Crippen LogP contribution in [-0.2, 0) is 29.7 Å². The Bertz CT molecular complexity index is 785. The molecule has 0 saturated carbocycles. The van der Waals surface area contributed by atoms with Gasteiger partial charge in [0.15, 0.2) is 6.79 Å². The monoisotopic (exact) mass is 331 g/mol. The molecule has 126 valence electrons. The van der Waals surface area contributed by atoms with Crippen molar-refractivity contribution in [3.05, 3.63) is 53.1 Å². The molecule has 0 bridgehead atoms. The molecular formula is C17H18FN3O3. The minimum Gasteiger partial charge on any atom is -0.467 e. The highest BCUT2D eigenvalue weighted by Crippen LogP contribution is 2.30. The van der Waals surface area contributed by atoms with Crippen LogP contribution in [0.1, 0.15) is 16.7 Å². The largest absolute Gasteiger partial charge is 0.467 e. The lowest BCUT2D eigenvalue weighted by molar-refractivity contribution is -0.125. The average Bonchev–Trinajstić information content (AvgIpc) is 2.97. The van der Waals surface area contributed by atoms with E-state index in [0.717, 1.165) is 5.56 Å². The van der Waals surface area contributed by atoms with Gasteiger partial charge in [0.1, 0.15) is 11.6 Å². The van der Waals surface area contributed by atoms with Gasteiger partial charge in [0.2, 0.25) is 5.91 Å². The summed E-state index contributed by atoms with van der Waals surface area (Å²) < 4.78 is 26.0. The van der Waals surface area contributed by atoms with Gasteiger partial charge in [-0.1, -0.05) is 0 Å². The highest BCUT2D eigenvalue weighted by atomic mass is 19.1. The Labute approximate surface area is 139 Å². The summed E-state index contributed by atoms with van der Waals surface area (Å²) in [6.07, 6.45) is 6.63. The fourth-order valence-corrected chi connectivity index (χ4v) is 2.53. The fraction of sp³-hybridized carbons (Fsp3) is 0.294. The molecule has 0 fully saturated rings.